The maximum absolute atomic E-state index is 5.13. The van der Waals surface area contributed by atoms with Crippen LogP contribution in [0.3, 0.4) is 0 Å². The minimum Gasteiger partial charge on any atom is -0.481 e. The number of nitrogens with one attached hydrogen (secondary N) is 1. The molecule has 1 unspecified atom stereocenters. The third kappa shape index (κ3) is 4.54. The number of hydrogen-bond donors (Lipinski definition) is 1. The fourth-order valence-corrected chi connectivity index (χ4v) is 2.70. The van der Waals surface area contributed by atoms with E-state index in [1.54, 1.807) is 7.11 Å². The minimum absolute atomic E-state index is 0.514. The standard InChI is InChI=1S/C15H27N5O/c1-12(2)13(20-7-5-19(3)6-8-20)10-16-14-9-15(21-4)18-11-17-14/h9,11-13H,5-8,10H2,1-4H3,(H,16,17,18). The molecule has 1 N–H and O–H groups in total. The van der Waals surface area contributed by atoms with E-state index in [0.29, 0.717) is 17.8 Å². The van der Waals surface area contributed by atoms with Crippen molar-refractivity contribution in [2.75, 3.05) is 52.2 Å². The molecule has 0 aromatic carbocycles. The van der Waals surface area contributed by atoms with Gasteiger partial charge in [0.15, 0.2) is 0 Å². The van der Waals surface area contributed by atoms with E-state index in [1.807, 2.05) is 6.07 Å². The maximum atomic E-state index is 5.13. The van der Waals surface area contributed by atoms with Crippen LogP contribution in [0.2, 0.25) is 0 Å². The van der Waals surface area contributed by atoms with Gasteiger partial charge in [0.1, 0.15) is 12.1 Å². The highest BCUT2D eigenvalue weighted by atomic mass is 16.5. The Hall–Kier alpha value is -1.40. The van der Waals surface area contributed by atoms with Gasteiger partial charge in [-0.3, -0.25) is 4.90 Å². The van der Waals surface area contributed by atoms with Crippen molar-refractivity contribution in [3.05, 3.63) is 12.4 Å². The summed E-state index contributed by atoms with van der Waals surface area (Å²) < 4.78 is 5.13. The van der Waals surface area contributed by atoms with Gasteiger partial charge in [-0.25, -0.2) is 9.97 Å². The molecule has 6 heteroatoms. The summed E-state index contributed by atoms with van der Waals surface area (Å²) in [4.78, 5) is 13.2. The van der Waals surface area contributed by atoms with Crippen molar-refractivity contribution in [1.82, 2.24) is 19.8 Å². The first-order valence-corrected chi connectivity index (χ1v) is 7.62. The van der Waals surface area contributed by atoms with Gasteiger partial charge in [-0.1, -0.05) is 13.8 Å². The lowest BCUT2D eigenvalue weighted by Crippen LogP contribution is -2.52. The van der Waals surface area contributed by atoms with Gasteiger partial charge in [-0.2, -0.15) is 0 Å². The lowest BCUT2D eigenvalue weighted by Gasteiger charge is -2.40. The summed E-state index contributed by atoms with van der Waals surface area (Å²) in [6, 6.07) is 2.35. The molecule has 2 heterocycles. The van der Waals surface area contributed by atoms with Crippen LogP contribution in [0.25, 0.3) is 0 Å². The lowest BCUT2D eigenvalue weighted by atomic mass is 10.0. The van der Waals surface area contributed by atoms with Gasteiger partial charge in [-0.05, 0) is 13.0 Å². The molecular weight excluding hydrogens is 266 g/mol. The Labute approximate surface area is 127 Å². The molecule has 1 fully saturated rings. The third-order valence-corrected chi connectivity index (χ3v) is 4.12. The zero-order valence-electron chi connectivity index (χ0n) is 13.5. The predicted octanol–water partition coefficient (Wildman–Crippen LogP) is 1.17. The van der Waals surface area contributed by atoms with Crippen LogP contribution in [0.5, 0.6) is 5.88 Å². The smallest absolute Gasteiger partial charge is 0.218 e. The van der Waals surface area contributed by atoms with E-state index in [0.717, 1.165) is 38.5 Å². The van der Waals surface area contributed by atoms with Gasteiger partial charge in [0.05, 0.1) is 7.11 Å². The summed E-state index contributed by atoms with van der Waals surface area (Å²) >= 11 is 0. The summed E-state index contributed by atoms with van der Waals surface area (Å²) in [5.41, 5.74) is 0. The number of nitrogens with zero attached hydrogens (tertiary/aromatic N) is 4. The van der Waals surface area contributed by atoms with Gasteiger partial charge in [0.2, 0.25) is 5.88 Å². The number of aromatic nitrogens is 2. The molecule has 1 aromatic heterocycles. The monoisotopic (exact) mass is 293 g/mol. The summed E-state index contributed by atoms with van der Waals surface area (Å²) in [6.45, 7) is 10.0. The van der Waals surface area contributed by atoms with Crippen molar-refractivity contribution in [2.24, 2.45) is 5.92 Å². The van der Waals surface area contributed by atoms with E-state index in [2.05, 4.69) is 46.0 Å². The molecule has 0 saturated carbocycles. The van der Waals surface area contributed by atoms with Crippen molar-refractivity contribution in [2.45, 2.75) is 19.9 Å². The van der Waals surface area contributed by atoms with Crippen molar-refractivity contribution in [3.8, 4) is 5.88 Å². The Bertz CT molecular complexity index is 432. The number of likely N-dealkylation sites (N-methyl/N-ethyl adjacent to an activating group) is 1. The van der Waals surface area contributed by atoms with Gasteiger partial charge in [0.25, 0.3) is 0 Å². The molecule has 6 nitrogen and oxygen atoms in total. The van der Waals surface area contributed by atoms with Gasteiger partial charge >= 0.3 is 0 Å². The second kappa shape index (κ2) is 7.56. The van der Waals surface area contributed by atoms with E-state index in [4.69, 9.17) is 4.74 Å². The molecular formula is C15H27N5O. The van der Waals surface area contributed by atoms with Crippen molar-refractivity contribution >= 4 is 5.82 Å². The summed E-state index contributed by atoms with van der Waals surface area (Å²) in [7, 11) is 3.81. The van der Waals surface area contributed by atoms with E-state index >= 15 is 0 Å². The van der Waals surface area contributed by atoms with Crippen LogP contribution >= 0.6 is 0 Å². The Morgan fingerprint density at radius 2 is 1.95 bits per heavy atom. The van der Waals surface area contributed by atoms with E-state index < -0.39 is 0 Å². The van der Waals surface area contributed by atoms with Crippen LogP contribution in [0, 0.1) is 5.92 Å². The first-order valence-electron chi connectivity index (χ1n) is 7.62. The van der Waals surface area contributed by atoms with Crippen LogP contribution < -0.4 is 10.1 Å². The fraction of sp³-hybridized carbons (Fsp3) is 0.733. The molecule has 0 spiro atoms. The number of hydrogen-bond acceptors (Lipinski definition) is 6. The maximum Gasteiger partial charge on any atom is 0.218 e. The molecule has 0 aliphatic carbocycles. The molecule has 0 radical (unpaired) electrons. The molecule has 2 rings (SSSR count). The Morgan fingerprint density at radius 1 is 1.24 bits per heavy atom. The number of piperazine rings is 1. The SMILES string of the molecule is COc1cc(NCC(C(C)C)N2CCN(C)CC2)ncn1. The quantitative estimate of drug-likeness (QED) is 0.850. The topological polar surface area (TPSA) is 53.5 Å². The molecule has 0 amide bonds. The van der Waals surface area contributed by atoms with E-state index in [-0.39, 0.29) is 0 Å². The highest BCUT2D eigenvalue weighted by Crippen LogP contribution is 2.16. The van der Waals surface area contributed by atoms with Crippen molar-refractivity contribution in [3.63, 3.8) is 0 Å². The lowest BCUT2D eigenvalue weighted by molar-refractivity contribution is 0.0944. The summed E-state index contributed by atoms with van der Waals surface area (Å²) in [6.07, 6.45) is 1.53. The first kappa shape index (κ1) is 16.0. The van der Waals surface area contributed by atoms with Crippen LogP contribution in [0.1, 0.15) is 13.8 Å². The Kier molecular flexibility index (Phi) is 5.76. The summed E-state index contributed by atoms with van der Waals surface area (Å²) in [5.74, 6) is 2.01. The molecule has 118 valence electrons. The minimum atomic E-state index is 0.514. The zero-order valence-corrected chi connectivity index (χ0v) is 13.5. The van der Waals surface area contributed by atoms with E-state index in [1.165, 1.54) is 6.33 Å². The second-order valence-electron chi connectivity index (χ2n) is 5.98. The van der Waals surface area contributed by atoms with Crippen LogP contribution in [0.15, 0.2) is 12.4 Å². The molecule has 21 heavy (non-hydrogen) atoms. The number of ether oxygens (including phenoxy) is 1. The van der Waals surface area contributed by atoms with Crippen molar-refractivity contribution in [1.29, 1.82) is 0 Å². The number of anilines is 1. The van der Waals surface area contributed by atoms with Gasteiger partial charge in [0, 0.05) is 44.8 Å². The predicted molar refractivity (Wildman–Crippen MR) is 84.8 cm³/mol. The first-order chi connectivity index (χ1) is 10.1. The highest BCUT2D eigenvalue weighted by molar-refractivity contribution is 5.37. The Morgan fingerprint density at radius 3 is 2.57 bits per heavy atom. The zero-order chi connectivity index (χ0) is 15.2. The van der Waals surface area contributed by atoms with Gasteiger partial charge in [-0.15, -0.1) is 0 Å². The van der Waals surface area contributed by atoms with Gasteiger partial charge < -0.3 is 15.0 Å². The molecule has 1 aliphatic rings. The average molecular weight is 293 g/mol. The highest BCUT2D eigenvalue weighted by Gasteiger charge is 2.24. The second-order valence-corrected chi connectivity index (χ2v) is 5.98. The largest absolute Gasteiger partial charge is 0.481 e. The third-order valence-electron chi connectivity index (χ3n) is 4.12. The number of rotatable bonds is 6. The normalized spacial score (nSPS) is 18.7. The Balaban J connectivity index is 1.93. The molecule has 0 bridgehead atoms. The molecule has 1 aromatic rings. The summed E-state index contributed by atoms with van der Waals surface area (Å²) in [5, 5.41) is 3.42. The molecule has 1 saturated heterocycles. The molecule has 1 aliphatic heterocycles. The van der Waals surface area contributed by atoms with Crippen LogP contribution in [-0.4, -0.2) is 72.7 Å². The van der Waals surface area contributed by atoms with E-state index in [9.17, 15) is 0 Å². The van der Waals surface area contributed by atoms with Crippen LogP contribution in [-0.2, 0) is 0 Å². The van der Waals surface area contributed by atoms with Crippen molar-refractivity contribution < 1.29 is 4.74 Å². The molecule has 1 atom stereocenters. The number of methoxy groups -OCH3 is 1. The fourth-order valence-electron chi connectivity index (χ4n) is 2.70. The average Bonchev–Trinajstić information content (AvgIpc) is 2.49. The van der Waals surface area contributed by atoms with Crippen LogP contribution in [0.4, 0.5) is 5.82 Å².